The van der Waals surface area contributed by atoms with Gasteiger partial charge >= 0.3 is 0 Å². The van der Waals surface area contributed by atoms with Crippen LogP contribution in [0.5, 0.6) is 11.5 Å². The van der Waals surface area contributed by atoms with Crippen LogP contribution in [0.1, 0.15) is 37.8 Å². The van der Waals surface area contributed by atoms with Crippen LogP contribution in [-0.4, -0.2) is 26.3 Å². The van der Waals surface area contributed by atoms with Crippen LogP contribution in [0.15, 0.2) is 12.1 Å². The second-order valence-corrected chi connectivity index (χ2v) is 5.22. The number of rotatable bonds is 7. The summed E-state index contributed by atoms with van der Waals surface area (Å²) < 4.78 is 11.3. The van der Waals surface area contributed by atoms with E-state index < -0.39 is 0 Å². The molecule has 19 heavy (non-hydrogen) atoms. The quantitative estimate of drug-likeness (QED) is 0.767. The maximum absolute atomic E-state index is 5.82. The number of aryl methyl sites for hydroxylation is 1. The molecule has 1 heterocycles. The SMILES string of the molecule is CCNCCCCc1cc2c(cc1OC)CC(C)O2. The topological polar surface area (TPSA) is 30.5 Å². The summed E-state index contributed by atoms with van der Waals surface area (Å²) in [4.78, 5) is 0. The molecule has 1 aromatic rings. The van der Waals surface area contributed by atoms with Gasteiger partial charge in [-0.2, -0.15) is 0 Å². The van der Waals surface area contributed by atoms with Crippen LogP contribution >= 0.6 is 0 Å². The maximum Gasteiger partial charge on any atom is 0.123 e. The summed E-state index contributed by atoms with van der Waals surface area (Å²) in [5, 5.41) is 3.35. The van der Waals surface area contributed by atoms with E-state index in [1.807, 2.05) is 0 Å². The Morgan fingerprint density at radius 1 is 1.37 bits per heavy atom. The van der Waals surface area contributed by atoms with E-state index >= 15 is 0 Å². The predicted octanol–water partition coefficient (Wildman–Crippen LogP) is 2.95. The van der Waals surface area contributed by atoms with Crippen molar-refractivity contribution in [1.82, 2.24) is 5.32 Å². The molecule has 1 aromatic carbocycles. The Morgan fingerprint density at radius 2 is 2.21 bits per heavy atom. The molecule has 106 valence electrons. The Balaban J connectivity index is 1.98. The standard InChI is InChI=1S/C16H25NO2/c1-4-17-8-6-5-7-13-10-16-14(9-12(2)19-16)11-15(13)18-3/h10-12,17H,4-9H2,1-3H3. The van der Waals surface area contributed by atoms with Crippen molar-refractivity contribution in [2.45, 2.75) is 45.6 Å². The van der Waals surface area contributed by atoms with Gasteiger partial charge < -0.3 is 14.8 Å². The summed E-state index contributed by atoms with van der Waals surface area (Å²) in [7, 11) is 1.75. The molecule has 0 aromatic heterocycles. The zero-order valence-electron chi connectivity index (χ0n) is 12.3. The molecule has 0 spiro atoms. The first-order chi connectivity index (χ1) is 9.24. The highest BCUT2D eigenvalue weighted by Crippen LogP contribution is 2.35. The molecule has 1 aliphatic rings. The normalized spacial score (nSPS) is 17.1. The summed E-state index contributed by atoms with van der Waals surface area (Å²) in [5.74, 6) is 2.06. The fourth-order valence-electron chi connectivity index (χ4n) is 2.61. The number of unbranched alkanes of at least 4 members (excludes halogenated alkanes) is 1. The summed E-state index contributed by atoms with van der Waals surface area (Å²) >= 11 is 0. The fourth-order valence-corrected chi connectivity index (χ4v) is 2.61. The number of methoxy groups -OCH3 is 1. The van der Waals surface area contributed by atoms with Crippen molar-refractivity contribution in [3.63, 3.8) is 0 Å². The van der Waals surface area contributed by atoms with Gasteiger partial charge in [0.25, 0.3) is 0 Å². The number of nitrogens with one attached hydrogen (secondary N) is 1. The van der Waals surface area contributed by atoms with E-state index in [0.29, 0.717) is 6.10 Å². The highest BCUT2D eigenvalue weighted by Gasteiger charge is 2.21. The lowest BCUT2D eigenvalue weighted by Gasteiger charge is -2.11. The predicted molar refractivity (Wildman–Crippen MR) is 78.3 cm³/mol. The van der Waals surface area contributed by atoms with Gasteiger partial charge in [-0.25, -0.2) is 0 Å². The zero-order chi connectivity index (χ0) is 13.7. The van der Waals surface area contributed by atoms with Crippen LogP contribution in [0.4, 0.5) is 0 Å². The minimum Gasteiger partial charge on any atom is -0.496 e. The highest BCUT2D eigenvalue weighted by molar-refractivity contribution is 5.48. The fraction of sp³-hybridized carbons (Fsp3) is 0.625. The first-order valence-electron chi connectivity index (χ1n) is 7.31. The number of fused-ring (bicyclic) bond motifs is 1. The van der Waals surface area contributed by atoms with Crippen molar-refractivity contribution in [2.75, 3.05) is 20.2 Å². The van der Waals surface area contributed by atoms with E-state index in [2.05, 4.69) is 31.3 Å². The molecule has 0 bridgehead atoms. The lowest BCUT2D eigenvalue weighted by atomic mass is 10.0. The number of hydrogen-bond acceptors (Lipinski definition) is 3. The Kier molecular flexibility index (Phi) is 5.08. The largest absolute Gasteiger partial charge is 0.496 e. The molecule has 1 aliphatic heterocycles. The third-order valence-electron chi connectivity index (χ3n) is 3.60. The number of ether oxygens (including phenoxy) is 2. The summed E-state index contributed by atoms with van der Waals surface area (Å²) in [6.45, 7) is 6.40. The Morgan fingerprint density at radius 3 is 2.95 bits per heavy atom. The Bertz CT molecular complexity index is 417. The average molecular weight is 263 g/mol. The average Bonchev–Trinajstić information content (AvgIpc) is 2.76. The van der Waals surface area contributed by atoms with Gasteiger partial charge in [0.15, 0.2) is 0 Å². The van der Waals surface area contributed by atoms with E-state index in [1.165, 1.54) is 24.0 Å². The van der Waals surface area contributed by atoms with Crippen molar-refractivity contribution in [3.8, 4) is 11.5 Å². The molecule has 0 saturated carbocycles. The second kappa shape index (κ2) is 6.80. The molecule has 2 rings (SSSR count). The van der Waals surface area contributed by atoms with Crippen molar-refractivity contribution < 1.29 is 9.47 Å². The monoisotopic (exact) mass is 263 g/mol. The molecule has 0 radical (unpaired) electrons. The van der Waals surface area contributed by atoms with Crippen LogP contribution in [-0.2, 0) is 12.8 Å². The van der Waals surface area contributed by atoms with Crippen LogP contribution < -0.4 is 14.8 Å². The van der Waals surface area contributed by atoms with Crippen LogP contribution in [0.3, 0.4) is 0 Å². The van der Waals surface area contributed by atoms with E-state index in [-0.39, 0.29) is 0 Å². The first-order valence-corrected chi connectivity index (χ1v) is 7.31. The van der Waals surface area contributed by atoms with Gasteiger partial charge in [0.1, 0.15) is 17.6 Å². The number of hydrogen-bond donors (Lipinski definition) is 1. The maximum atomic E-state index is 5.82. The van der Waals surface area contributed by atoms with E-state index in [1.54, 1.807) is 7.11 Å². The first kappa shape index (κ1) is 14.2. The van der Waals surface area contributed by atoms with Gasteiger partial charge in [-0.05, 0) is 57.0 Å². The molecule has 1 atom stereocenters. The van der Waals surface area contributed by atoms with E-state index in [9.17, 15) is 0 Å². The third kappa shape index (κ3) is 3.63. The lowest BCUT2D eigenvalue weighted by Crippen LogP contribution is -2.13. The summed E-state index contributed by atoms with van der Waals surface area (Å²) in [6.07, 6.45) is 4.72. The van der Waals surface area contributed by atoms with Gasteiger partial charge in [-0.3, -0.25) is 0 Å². The molecule has 0 fully saturated rings. The van der Waals surface area contributed by atoms with E-state index in [0.717, 1.165) is 37.4 Å². The van der Waals surface area contributed by atoms with Crippen LogP contribution in [0, 0.1) is 0 Å². The Labute approximate surface area is 116 Å². The molecule has 1 unspecified atom stereocenters. The van der Waals surface area contributed by atoms with Gasteiger partial charge in [0.2, 0.25) is 0 Å². The lowest BCUT2D eigenvalue weighted by molar-refractivity contribution is 0.254. The van der Waals surface area contributed by atoms with Gasteiger partial charge in [-0.15, -0.1) is 0 Å². The van der Waals surface area contributed by atoms with Crippen molar-refractivity contribution in [3.05, 3.63) is 23.3 Å². The summed E-state index contributed by atoms with van der Waals surface area (Å²) in [6, 6.07) is 4.32. The van der Waals surface area contributed by atoms with Gasteiger partial charge in [0.05, 0.1) is 7.11 Å². The molecule has 3 heteroatoms. The molecule has 0 saturated heterocycles. The molecule has 0 aliphatic carbocycles. The molecule has 0 amide bonds. The van der Waals surface area contributed by atoms with Gasteiger partial charge in [0, 0.05) is 12.0 Å². The number of benzene rings is 1. The molecule has 1 N–H and O–H groups in total. The van der Waals surface area contributed by atoms with Crippen molar-refractivity contribution >= 4 is 0 Å². The smallest absolute Gasteiger partial charge is 0.123 e. The zero-order valence-corrected chi connectivity index (χ0v) is 12.3. The third-order valence-corrected chi connectivity index (χ3v) is 3.60. The van der Waals surface area contributed by atoms with Crippen LogP contribution in [0.2, 0.25) is 0 Å². The van der Waals surface area contributed by atoms with Crippen molar-refractivity contribution in [2.24, 2.45) is 0 Å². The van der Waals surface area contributed by atoms with Crippen molar-refractivity contribution in [1.29, 1.82) is 0 Å². The summed E-state index contributed by atoms with van der Waals surface area (Å²) in [5.41, 5.74) is 2.55. The van der Waals surface area contributed by atoms with Gasteiger partial charge in [-0.1, -0.05) is 6.92 Å². The minimum absolute atomic E-state index is 0.295. The van der Waals surface area contributed by atoms with Crippen LogP contribution in [0.25, 0.3) is 0 Å². The molecule has 3 nitrogen and oxygen atoms in total. The molecular formula is C16H25NO2. The minimum atomic E-state index is 0.295. The van der Waals surface area contributed by atoms with E-state index in [4.69, 9.17) is 9.47 Å². The second-order valence-electron chi connectivity index (χ2n) is 5.22. The highest BCUT2D eigenvalue weighted by atomic mass is 16.5. The molecular weight excluding hydrogens is 238 g/mol. The Hall–Kier alpha value is -1.22.